The van der Waals surface area contributed by atoms with Gasteiger partial charge < -0.3 is 15.4 Å². The quantitative estimate of drug-likeness (QED) is 0.661. The normalized spacial score (nSPS) is 13.2. The van der Waals surface area contributed by atoms with Crippen molar-refractivity contribution in [1.29, 1.82) is 0 Å². The molecule has 4 rings (SSSR count). The van der Waals surface area contributed by atoms with E-state index in [2.05, 4.69) is 15.3 Å². The van der Waals surface area contributed by atoms with Gasteiger partial charge in [-0.2, -0.15) is 0 Å². The molecular formula is C19H13F2N3O3. The summed E-state index contributed by atoms with van der Waals surface area (Å²) in [4.78, 5) is 29.9. The Morgan fingerprint density at radius 1 is 1.11 bits per heavy atom. The number of nitrogens with zero attached hydrogens (tertiary/aromatic N) is 1. The van der Waals surface area contributed by atoms with Gasteiger partial charge in [0.05, 0.1) is 23.0 Å². The van der Waals surface area contributed by atoms with E-state index in [1.807, 2.05) is 0 Å². The molecule has 6 nitrogen and oxygen atoms in total. The lowest BCUT2D eigenvalue weighted by Gasteiger charge is -2.11. The fraction of sp³-hybridized carbons (Fsp3) is 0.105. The number of carbonyl (C=O) groups excluding carboxylic acids is 1. The Morgan fingerprint density at radius 3 is 2.63 bits per heavy atom. The zero-order chi connectivity index (χ0) is 19.1. The number of carboxylic acid groups (broad SMARTS) is 1. The zero-order valence-electron chi connectivity index (χ0n) is 13.8. The van der Waals surface area contributed by atoms with Crippen LogP contribution in [0.1, 0.15) is 26.4 Å². The highest BCUT2D eigenvalue weighted by molar-refractivity contribution is 5.97. The van der Waals surface area contributed by atoms with Crippen LogP contribution in [0.5, 0.6) is 0 Å². The molecule has 0 fully saturated rings. The van der Waals surface area contributed by atoms with Crippen molar-refractivity contribution in [3.63, 3.8) is 0 Å². The van der Waals surface area contributed by atoms with E-state index in [-0.39, 0.29) is 17.2 Å². The Bertz CT molecular complexity index is 1090. The van der Waals surface area contributed by atoms with Crippen molar-refractivity contribution < 1.29 is 23.5 Å². The van der Waals surface area contributed by atoms with Crippen LogP contribution >= 0.6 is 0 Å². The average molecular weight is 369 g/mol. The SMILES string of the molecule is O=C(O)c1ccc(-c2cc(-c3cc4c([nH]3)CCNC4=O)c(F)cn2)cc1F. The number of hydrogen-bond acceptors (Lipinski definition) is 3. The van der Waals surface area contributed by atoms with Crippen LogP contribution in [-0.2, 0) is 6.42 Å². The summed E-state index contributed by atoms with van der Waals surface area (Å²) in [5, 5.41) is 11.6. The molecule has 8 heteroatoms. The zero-order valence-corrected chi connectivity index (χ0v) is 13.8. The maximum absolute atomic E-state index is 14.3. The van der Waals surface area contributed by atoms with Crippen LogP contribution in [0, 0.1) is 11.6 Å². The molecule has 3 aromatic rings. The van der Waals surface area contributed by atoms with Crippen LogP contribution in [0.3, 0.4) is 0 Å². The van der Waals surface area contributed by atoms with Gasteiger partial charge in [0.2, 0.25) is 0 Å². The number of carbonyl (C=O) groups is 2. The highest BCUT2D eigenvalue weighted by Crippen LogP contribution is 2.29. The van der Waals surface area contributed by atoms with Gasteiger partial charge in [0.1, 0.15) is 5.82 Å². The van der Waals surface area contributed by atoms with Gasteiger partial charge in [-0.15, -0.1) is 0 Å². The molecule has 3 N–H and O–H groups in total. The number of amides is 1. The van der Waals surface area contributed by atoms with Crippen molar-refractivity contribution in [3.05, 3.63) is 65.0 Å². The summed E-state index contributed by atoms with van der Waals surface area (Å²) in [5.41, 5.74) is 1.93. The summed E-state index contributed by atoms with van der Waals surface area (Å²) in [6.07, 6.45) is 1.62. The topological polar surface area (TPSA) is 95.1 Å². The predicted octanol–water partition coefficient (Wildman–Crippen LogP) is 3.01. The number of rotatable bonds is 3. The minimum absolute atomic E-state index is 0.185. The number of benzene rings is 1. The molecule has 0 aliphatic carbocycles. The minimum atomic E-state index is -1.37. The lowest BCUT2D eigenvalue weighted by molar-refractivity contribution is 0.0691. The highest BCUT2D eigenvalue weighted by Gasteiger charge is 2.21. The molecule has 27 heavy (non-hydrogen) atoms. The predicted molar refractivity (Wildman–Crippen MR) is 92.4 cm³/mol. The van der Waals surface area contributed by atoms with Crippen molar-refractivity contribution in [3.8, 4) is 22.5 Å². The number of fused-ring (bicyclic) bond motifs is 1. The number of nitrogens with one attached hydrogen (secondary N) is 2. The van der Waals surface area contributed by atoms with Gasteiger partial charge in [-0.1, -0.05) is 6.07 Å². The summed E-state index contributed by atoms with van der Waals surface area (Å²) in [5.74, 6) is -3.10. The second-order valence-corrected chi connectivity index (χ2v) is 6.13. The summed E-state index contributed by atoms with van der Waals surface area (Å²) in [6.45, 7) is 0.505. The van der Waals surface area contributed by atoms with E-state index >= 15 is 0 Å². The van der Waals surface area contributed by atoms with Crippen LogP contribution in [0.15, 0.2) is 36.5 Å². The largest absolute Gasteiger partial charge is 0.478 e. The maximum atomic E-state index is 14.3. The first-order valence-electron chi connectivity index (χ1n) is 8.13. The molecule has 1 aliphatic heterocycles. The number of aromatic nitrogens is 2. The smallest absolute Gasteiger partial charge is 0.338 e. The summed E-state index contributed by atoms with van der Waals surface area (Å²) < 4.78 is 28.3. The van der Waals surface area contributed by atoms with Gasteiger partial charge in [-0.25, -0.2) is 13.6 Å². The lowest BCUT2D eigenvalue weighted by atomic mass is 10.0. The number of carboxylic acids is 1. The molecule has 1 aliphatic rings. The van der Waals surface area contributed by atoms with E-state index in [1.54, 1.807) is 6.07 Å². The van der Waals surface area contributed by atoms with E-state index < -0.39 is 23.2 Å². The molecule has 1 amide bonds. The Morgan fingerprint density at radius 2 is 1.93 bits per heavy atom. The number of halogens is 2. The first kappa shape index (κ1) is 16.9. The van der Waals surface area contributed by atoms with Crippen LogP contribution < -0.4 is 5.32 Å². The summed E-state index contributed by atoms with van der Waals surface area (Å²) in [6, 6.07) is 6.58. The fourth-order valence-electron chi connectivity index (χ4n) is 3.09. The number of hydrogen-bond donors (Lipinski definition) is 3. The third kappa shape index (κ3) is 2.95. The van der Waals surface area contributed by atoms with Crippen LogP contribution in [0.4, 0.5) is 8.78 Å². The molecule has 3 heterocycles. The molecule has 1 aromatic carbocycles. The molecule has 0 bridgehead atoms. The highest BCUT2D eigenvalue weighted by atomic mass is 19.1. The Balaban J connectivity index is 1.78. The van der Waals surface area contributed by atoms with Crippen molar-refractivity contribution in [2.24, 2.45) is 0 Å². The molecule has 0 spiro atoms. The number of aromatic carboxylic acids is 1. The van der Waals surface area contributed by atoms with Gasteiger partial charge in [-0.3, -0.25) is 9.78 Å². The first-order valence-corrected chi connectivity index (χ1v) is 8.13. The number of aromatic amines is 1. The van der Waals surface area contributed by atoms with Crippen molar-refractivity contribution in [1.82, 2.24) is 15.3 Å². The molecule has 2 aromatic heterocycles. The molecule has 0 saturated carbocycles. The van der Waals surface area contributed by atoms with E-state index in [0.717, 1.165) is 24.0 Å². The molecule has 0 radical (unpaired) electrons. The molecule has 0 atom stereocenters. The number of H-pyrrole nitrogens is 1. The monoisotopic (exact) mass is 369 g/mol. The second kappa shape index (κ2) is 6.31. The van der Waals surface area contributed by atoms with Gasteiger partial charge in [0.15, 0.2) is 5.82 Å². The van der Waals surface area contributed by atoms with Gasteiger partial charge in [0.25, 0.3) is 5.91 Å². The van der Waals surface area contributed by atoms with Crippen molar-refractivity contribution in [2.45, 2.75) is 6.42 Å². The van der Waals surface area contributed by atoms with Crippen LogP contribution in [0.2, 0.25) is 0 Å². The third-order valence-electron chi connectivity index (χ3n) is 4.45. The molecular weight excluding hydrogens is 356 g/mol. The molecule has 0 saturated heterocycles. The number of pyridine rings is 1. The summed E-state index contributed by atoms with van der Waals surface area (Å²) >= 11 is 0. The van der Waals surface area contributed by atoms with Crippen LogP contribution in [0.25, 0.3) is 22.5 Å². The molecule has 136 valence electrons. The van der Waals surface area contributed by atoms with Crippen molar-refractivity contribution >= 4 is 11.9 Å². The Labute approximate surface area is 151 Å². The van der Waals surface area contributed by atoms with E-state index in [4.69, 9.17) is 5.11 Å². The van der Waals surface area contributed by atoms with Crippen LogP contribution in [-0.4, -0.2) is 33.5 Å². The standard InChI is InChI=1S/C19H13F2N3O3/c20-13-5-9(1-2-10(13)19(26)27)16-6-11(14(21)8-23-16)17-7-12-15(24-17)3-4-22-18(12)25/h1-2,5-8,24H,3-4H2,(H,22,25)(H,26,27). The maximum Gasteiger partial charge on any atom is 0.338 e. The van der Waals surface area contributed by atoms with E-state index in [9.17, 15) is 18.4 Å². The fourth-order valence-corrected chi connectivity index (χ4v) is 3.09. The van der Waals surface area contributed by atoms with E-state index in [0.29, 0.717) is 29.8 Å². The summed E-state index contributed by atoms with van der Waals surface area (Å²) in [7, 11) is 0. The lowest BCUT2D eigenvalue weighted by Crippen LogP contribution is -2.31. The average Bonchev–Trinajstić information content (AvgIpc) is 3.07. The van der Waals surface area contributed by atoms with Gasteiger partial charge in [0, 0.05) is 35.5 Å². The van der Waals surface area contributed by atoms with E-state index in [1.165, 1.54) is 12.1 Å². The van der Waals surface area contributed by atoms with Gasteiger partial charge >= 0.3 is 5.97 Å². The first-order chi connectivity index (χ1) is 12.9. The Hall–Kier alpha value is -3.55. The minimum Gasteiger partial charge on any atom is -0.478 e. The van der Waals surface area contributed by atoms with Gasteiger partial charge in [-0.05, 0) is 24.3 Å². The molecule has 0 unspecified atom stereocenters. The third-order valence-corrected chi connectivity index (χ3v) is 4.45. The second-order valence-electron chi connectivity index (χ2n) is 6.13. The Kier molecular flexibility index (Phi) is 3.95. The van der Waals surface area contributed by atoms with Crippen molar-refractivity contribution in [2.75, 3.05) is 6.54 Å².